The lowest BCUT2D eigenvalue weighted by molar-refractivity contribution is -0.114. The monoisotopic (exact) mass is 180 g/mol. The number of rotatable bonds is 2. The Labute approximate surface area is 75.1 Å². The molecule has 0 bridgehead atoms. The fourth-order valence-corrected chi connectivity index (χ4v) is 0.801. The standard InChI is InChI=1S/C9H9FN2O/c1-6(10)9(13)12-8-5-3-2-4-7(8)11/h2-5H,1,11H2,(H,12,13). The van der Waals surface area contributed by atoms with Crippen molar-refractivity contribution in [1.82, 2.24) is 0 Å². The van der Waals surface area contributed by atoms with Crippen molar-refractivity contribution in [2.75, 3.05) is 11.1 Å². The van der Waals surface area contributed by atoms with Gasteiger partial charge in [-0.3, -0.25) is 4.79 Å². The fourth-order valence-electron chi connectivity index (χ4n) is 0.801. The highest BCUT2D eigenvalue weighted by Gasteiger charge is 2.06. The lowest BCUT2D eigenvalue weighted by Gasteiger charge is -2.05. The number of anilines is 2. The summed E-state index contributed by atoms with van der Waals surface area (Å²) < 4.78 is 12.3. The van der Waals surface area contributed by atoms with Gasteiger partial charge in [-0.25, -0.2) is 4.39 Å². The second kappa shape index (κ2) is 3.71. The molecule has 68 valence electrons. The van der Waals surface area contributed by atoms with Gasteiger partial charge in [-0.1, -0.05) is 18.7 Å². The molecule has 1 aromatic rings. The van der Waals surface area contributed by atoms with Crippen LogP contribution in [0.5, 0.6) is 0 Å². The maximum absolute atomic E-state index is 12.3. The summed E-state index contributed by atoms with van der Waals surface area (Å²) in [6, 6.07) is 6.59. The van der Waals surface area contributed by atoms with Crippen molar-refractivity contribution >= 4 is 17.3 Å². The van der Waals surface area contributed by atoms with Crippen LogP contribution in [0.15, 0.2) is 36.7 Å². The first-order valence-corrected chi connectivity index (χ1v) is 3.61. The largest absolute Gasteiger partial charge is 0.397 e. The highest BCUT2D eigenvalue weighted by molar-refractivity contribution is 6.03. The molecule has 0 heterocycles. The molecule has 1 aromatic carbocycles. The molecule has 0 aliphatic carbocycles. The topological polar surface area (TPSA) is 55.1 Å². The predicted molar refractivity (Wildman–Crippen MR) is 49.7 cm³/mol. The number of para-hydroxylation sites is 2. The molecule has 0 aromatic heterocycles. The van der Waals surface area contributed by atoms with E-state index in [9.17, 15) is 9.18 Å². The predicted octanol–water partition coefficient (Wildman–Crippen LogP) is 1.69. The van der Waals surface area contributed by atoms with Crippen LogP contribution in [0.25, 0.3) is 0 Å². The number of nitrogens with two attached hydrogens (primary N) is 1. The Bertz CT molecular complexity index is 349. The summed E-state index contributed by atoms with van der Waals surface area (Å²) in [4.78, 5) is 10.8. The third-order valence-corrected chi connectivity index (χ3v) is 1.46. The van der Waals surface area contributed by atoms with Gasteiger partial charge in [0.15, 0.2) is 5.83 Å². The van der Waals surface area contributed by atoms with Crippen LogP contribution in [0.3, 0.4) is 0 Å². The van der Waals surface area contributed by atoms with Gasteiger partial charge in [-0.15, -0.1) is 0 Å². The van der Waals surface area contributed by atoms with E-state index in [-0.39, 0.29) is 0 Å². The van der Waals surface area contributed by atoms with Gasteiger partial charge in [0.1, 0.15) is 0 Å². The zero-order valence-electron chi connectivity index (χ0n) is 6.88. The molecular weight excluding hydrogens is 171 g/mol. The zero-order valence-corrected chi connectivity index (χ0v) is 6.88. The van der Waals surface area contributed by atoms with E-state index in [0.29, 0.717) is 11.4 Å². The second-order valence-corrected chi connectivity index (χ2v) is 2.45. The molecule has 1 amide bonds. The minimum absolute atomic E-state index is 0.381. The number of hydrogen-bond acceptors (Lipinski definition) is 2. The minimum Gasteiger partial charge on any atom is -0.397 e. The quantitative estimate of drug-likeness (QED) is 0.537. The van der Waals surface area contributed by atoms with E-state index in [0.717, 1.165) is 0 Å². The summed E-state index contributed by atoms with van der Waals surface area (Å²) >= 11 is 0. The van der Waals surface area contributed by atoms with Crippen LogP contribution in [0.2, 0.25) is 0 Å². The summed E-state index contributed by atoms with van der Waals surface area (Å²) in [5, 5.41) is 2.27. The molecule has 4 heteroatoms. The maximum atomic E-state index is 12.3. The Morgan fingerprint density at radius 1 is 1.46 bits per heavy atom. The lowest BCUT2D eigenvalue weighted by Crippen LogP contribution is -2.12. The van der Waals surface area contributed by atoms with Gasteiger partial charge in [0.05, 0.1) is 11.4 Å². The first-order valence-electron chi connectivity index (χ1n) is 3.61. The number of nitrogens with one attached hydrogen (secondary N) is 1. The van der Waals surface area contributed by atoms with Crippen molar-refractivity contribution in [1.29, 1.82) is 0 Å². The van der Waals surface area contributed by atoms with Gasteiger partial charge < -0.3 is 11.1 Å². The molecule has 3 nitrogen and oxygen atoms in total. The Morgan fingerprint density at radius 3 is 2.62 bits per heavy atom. The van der Waals surface area contributed by atoms with Gasteiger partial charge in [0.25, 0.3) is 5.91 Å². The number of benzene rings is 1. The van der Waals surface area contributed by atoms with E-state index >= 15 is 0 Å². The van der Waals surface area contributed by atoms with E-state index in [4.69, 9.17) is 5.73 Å². The summed E-state index contributed by atoms with van der Waals surface area (Å²) in [6.45, 7) is 2.86. The SMILES string of the molecule is C=C(F)C(=O)Nc1ccccc1N. The summed E-state index contributed by atoms with van der Waals surface area (Å²) in [7, 11) is 0. The van der Waals surface area contributed by atoms with Crippen LogP contribution in [0.4, 0.5) is 15.8 Å². The molecule has 0 spiro atoms. The highest BCUT2D eigenvalue weighted by Crippen LogP contribution is 2.17. The van der Waals surface area contributed by atoms with Crippen LogP contribution in [0, 0.1) is 0 Å². The Morgan fingerprint density at radius 2 is 2.08 bits per heavy atom. The molecule has 0 saturated carbocycles. The first-order chi connectivity index (χ1) is 6.11. The van der Waals surface area contributed by atoms with Gasteiger partial charge in [0, 0.05) is 0 Å². The van der Waals surface area contributed by atoms with Crippen molar-refractivity contribution in [3.8, 4) is 0 Å². The molecule has 3 N–H and O–H groups in total. The summed E-state index contributed by atoms with van der Waals surface area (Å²) in [6.07, 6.45) is 0. The van der Waals surface area contributed by atoms with E-state index in [1.807, 2.05) is 0 Å². The van der Waals surface area contributed by atoms with Gasteiger partial charge in [-0.05, 0) is 12.1 Å². The van der Waals surface area contributed by atoms with Crippen LogP contribution >= 0.6 is 0 Å². The number of amides is 1. The summed E-state index contributed by atoms with van der Waals surface area (Å²) in [5.41, 5.74) is 6.27. The normalized spacial score (nSPS) is 9.31. The Balaban J connectivity index is 2.81. The average molecular weight is 180 g/mol. The molecule has 1 rings (SSSR count). The molecule has 0 fully saturated rings. The molecule has 0 aliphatic heterocycles. The zero-order chi connectivity index (χ0) is 9.84. The van der Waals surface area contributed by atoms with Crippen LogP contribution in [-0.2, 0) is 4.79 Å². The van der Waals surface area contributed by atoms with Gasteiger partial charge in [-0.2, -0.15) is 0 Å². The van der Waals surface area contributed by atoms with Gasteiger partial charge in [0.2, 0.25) is 0 Å². The van der Waals surface area contributed by atoms with Crippen LogP contribution < -0.4 is 11.1 Å². The van der Waals surface area contributed by atoms with E-state index in [2.05, 4.69) is 11.9 Å². The van der Waals surface area contributed by atoms with Crippen molar-refractivity contribution in [2.45, 2.75) is 0 Å². The van der Waals surface area contributed by atoms with Crippen molar-refractivity contribution < 1.29 is 9.18 Å². The molecule has 13 heavy (non-hydrogen) atoms. The number of hydrogen-bond donors (Lipinski definition) is 2. The van der Waals surface area contributed by atoms with E-state index in [1.54, 1.807) is 24.3 Å². The molecule has 0 atom stereocenters. The fraction of sp³-hybridized carbons (Fsp3) is 0. The smallest absolute Gasteiger partial charge is 0.283 e. The lowest BCUT2D eigenvalue weighted by atomic mass is 10.2. The average Bonchev–Trinajstić information content (AvgIpc) is 2.08. The molecule has 0 radical (unpaired) electrons. The Kier molecular flexibility index (Phi) is 2.64. The maximum Gasteiger partial charge on any atom is 0.283 e. The summed E-state index contributed by atoms with van der Waals surface area (Å²) in [5.74, 6) is -1.92. The molecule has 0 aliphatic rings. The van der Waals surface area contributed by atoms with Crippen LogP contribution in [-0.4, -0.2) is 5.91 Å². The van der Waals surface area contributed by atoms with Crippen molar-refractivity contribution in [3.63, 3.8) is 0 Å². The number of carbonyl (C=O) groups is 1. The number of carbonyl (C=O) groups excluding carboxylic acids is 1. The minimum atomic E-state index is -1.04. The van der Waals surface area contributed by atoms with E-state index in [1.165, 1.54) is 0 Å². The molecular formula is C9H9FN2O. The first kappa shape index (κ1) is 9.25. The Hall–Kier alpha value is -1.84. The molecule has 0 unspecified atom stereocenters. The number of halogens is 1. The highest BCUT2D eigenvalue weighted by atomic mass is 19.1. The molecule has 0 saturated heterocycles. The number of nitrogen functional groups attached to an aromatic ring is 1. The third kappa shape index (κ3) is 2.30. The third-order valence-electron chi connectivity index (χ3n) is 1.46. The van der Waals surface area contributed by atoms with Crippen molar-refractivity contribution in [3.05, 3.63) is 36.7 Å². The second-order valence-electron chi connectivity index (χ2n) is 2.45. The van der Waals surface area contributed by atoms with Gasteiger partial charge >= 0.3 is 0 Å². The van der Waals surface area contributed by atoms with Crippen LogP contribution in [0.1, 0.15) is 0 Å². The van der Waals surface area contributed by atoms with Crippen molar-refractivity contribution in [2.24, 2.45) is 0 Å². The van der Waals surface area contributed by atoms with E-state index < -0.39 is 11.7 Å².